The Balaban J connectivity index is 2.41. The van der Waals surface area contributed by atoms with Crippen molar-refractivity contribution in [3.63, 3.8) is 0 Å². The third-order valence-electron chi connectivity index (χ3n) is 3.78. The number of carboxylic acid groups (broad SMARTS) is 1. The number of primary amides is 1. The van der Waals surface area contributed by atoms with Gasteiger partial charge in [-0.15, -0.1) is 0 Å². The molecule has 2 aromatic carbocycles. The van der Waals surface area contributed by atoms with Gasteiger partial charge in [0.2, 0.25) is 5.91 Å². The van der Waals surface area contributed by atoms with E-state index in [1.54, 1.807) is 30.3 Å². The Morgan fingerprint density at radius 1 is 1.21 bits per heavy atom. The van der Waals surface area contributed by atoms with E-state index in [4.69, 9.17) is 16.6 Å². The van der Waals surface area contributed by atoms with Crippen LogP contribution in [0.4, 0.5) is 0 Å². The molecule has 1 unspecified atom stereocenters. The predicted molar refractivity (Wildman–Crippen MR) is 89.5 cm³/mol. The van der Waals surface area contributed by atoms with Gasteiger partial charge in [0.05, 0.1) is 0 Å². The van der Waals surface area contributed by atoms with Gasteiger partial charge in [0.1, 0.15) is 12.1 Å². The zero-order valence-electron chi connectivity index (χ0n) is 13.2. The summed E-state index contributed by atoms with van der Waals surface area (Å²) in [5, 5.41) is 13.2. The maximum Gasteiger partial charge on any atom is 0.321 e. The van der Waals surface area contributed by atoms with E-state index in [0.29, 0.717) is 11.1 Å². The van der Waals surface area contributed by atoms with Crippen LogP contribution in [0.15, 0.2) is 36.4 Å². The maximum absolute atomic E-state index is 11.8. The second-order valence-corrected chi connectivity index (χ2v) is 5.53. The van der Waals surface area contributed by atoms with Crippen molar-refractivity contribution in [2.45, 2.75) is 19.0 Å². The van der Waals surface area contributed by atoms with Gasteiger partial charge in [-0.2, -0.15) is 0 Å². The lowest BCUT2D eigenvalue weighted by Crippen LogP contribution is -2.44. The van der Waals surface area contributed by atoms with E-state index in [2.05, 4.69) is 5.32 Å². The van der Waals surface area contributed by atoms with E-state index in [1.165, 1.54) is 6.92 Å². The summed E-state index contributed by atoms with van der Waals surface area (Å²) in [6, 6.07) is 8.43. The van der Waals surface area contributed by atoms with E-state index < -0.39 is 24.0 Å². The van der Waals surface area contributed by atoms with Crippen molar-refractivity contribution in [1.29, 1.82) is 0 Å². The highest BCUT2D eigenvalue weighted by molar-refractivity contribution is 6.00. The van der Waals surface area contributed by atoms with Gasteiger partial charge in [-0.1, -0.05) is 30.3 Å². The first-order valence-electron chi connectivity index (χ1n) is 7.36. The normalized spacial score (nSPS) is 13.4. The van der Waals surface area contributed by atoms with Crippen LogP contribution in [-0.2, 0) is 9.59 Å². The largest absolute Gasteiger partial charge is 0.480 e. The third kappa shape index (κ3) is 3.76. The number of hydrogen-bond donors (Lipinski definition) is 4. The number of carbonyl (C=O) groups is 3. The summed E-state index contributed by atoms with van der Waals surface area (Å²) in [5.41, 5.74) is 12.1. The first-order chi connectivity index (χ1) is 11.3. The van der Waals surface area contributed by atoms with E-state index in [0.717, 1.165) is 10.8 Å². The number of amides is 1. The first-order valence-corrected chi connectivity index (χ1v) is 7.36. The third-order valence-corrected chi connectivity index (χ3v) is 3.78. The van der Waals surface area contributed by atoms with Crippen molar-refractivity contribution in [3.8, 4) is 0 Å². The fraction of sp³-hybridized carbons (Fsp3) is 0.235. The van der Waals surface area contributed by atoms with Crippen molar-refractivity contribution in [2.75, 3.05) is 6.54 Å². The molecule has 1 amide bonds. The minimum absolute atomic E-state index is 0.0562. The molecule has 0 heterocycles. The van der Waals surface area contributed by atoms with Crippen molar-refractivity contribution < 1.29 is 19.5 Å². The van der Waals surface area contributed by atoms with Crippen LogP contribution in [0.2, 0.25) is 0 Å². The van der Waals surface area contributed by atoms with E-state index in [1.807, 2.05) is 6.07 Å². The number of Topliss-reactive ketones (excluding diaryl/α,β-unsaturated/α-hetero) is 1. The summed E-state index contributed by atoms with van der Waals surface area (Å²) in [6.07, 6.45) is 0. The van der Waals surface area contributed by atoms with Gasteiger partial charge >= 0.3 is 5.97 Å². The summed E-state index contributed by atoms with van der Waals surface area (Å²) in [5.74, 6) is -1.87. The summed E-state index contributed by atoms with van der Waals surface area (Å²) in [4.78, 5) is 34.1. The molecule has 126 valence electrons. The number of carbonyl (C=O) groups excluding carboxylic acids is 2. The number of hydrogen-bond acceptors (Lipinski definition) is 5. The van der Waals surface area contributed by atoms with Gasteiger partial charge < -0.3 is 21.9 Å². The molecule has 6 N–H and O–H groups in total. The van der Waals surface area contributed by atoms with Crippen LogP contribution in [-0.4, -0.2) is 35.4 Å². The first kappa shape index (κ1) is 17.6. The molecule has 0 spiro atoms. The number of ketones is 1. The molecule has 0 fully saturated rings. The smallest absolute Gasteiger partial charge is 0.321 e. The number of benzene rings is 2. The molecule has 2 rings (SSSR count). The van der Waals surface area contributed by atoms with Crippen LogP contribution in [0.3, 0.4) is 0 Å². The summed E-state index contributed by atoms with van der Waals surface area (Å²) in [7, 11) is 0. The second-order valence-electron chi connectivity index (χ2n) is 5.53. The molecule has 0 aromatic heterocycles. The molecule has 0 saturated carbocycles. The van der Waals surface area contributed by atoms with Crippen LogP contribution in [0, 0.1) is 0 Å². The average Bonchev–Trinajstić information content (AvgIpc) is 2.53. The summed E-state index contributed by atoms with van der Waals surface area (Å²) in [6.45, 7) is 1.37. The highest BCUT2D eigenvalue weighted by atomic mass is 16.4. The molecule has 7 nitrogen and oxygen atoms in total. The monoisotopic (exact) mass is 329 g/mol. The Morgan fingerprint density at radius 2 is 1.92 bits per heavy atom. The lowest BCUT2D eigenvalue weighted by atomic mass is 9.96. The standard InChI is InChI=1S/C17H19N3O4/c1-9(21)10-5-6-12-11(7-10)3-2-4-13(12)15(16(19)22)20-8-14(18)17(23)24/h2-7,14-15,20H,8,18H2,1H3,(H2,19,22)(H,23,24)/t14-,15?/m0/s1. The Kier molecular flexibility index (Phi) is 5.28. The molecule has 0 aliphatic rings. The van der Waals surface area contributed by atoms with Crippen molar-refractivity contribution in [3.05, 3.63) is 47.5 Å². The van der Waals surface area contributed by atoms with Gasteiger partial charge in [-0.3, -0.25) is 14.4 Å². The molecular formula is C17H19N3O4. The number of carboxylic acids is 1. The van der Waals surface area contributed by atoms with Gasteiger partial charge in [0, 0.05) is 12.1 Å². The fourth-order valence-electron chi connectivity index (χ4n) is 2.48. The number of aliphatic carboxylic acids is 1. The van der Waals surface area contributed by atoms with Crippen LogP contribution in [0.25, 0.3) is 10.8 Å². The highest BCUT2D eigenvalue weighted by Crippen LogP contribution is 2.25. The molecule has 0 saturated heterocycles. The minimum atomic E-state index is -1.17. The van der Waals surface area contributed by atoms with Crippen LogP contribution < -0.4 is 16.8 Å². The lowest BCUT2D eigenvalue weighted by Gasteiger charge is -2.19. The Hall–Kier alpha value is -2.77. The lowest BCUT2D eigenvalue weighted by molar-refractivity contribution is -0.138. The fourth-order valence-corrected chi connectivity index (χ4v) is 2.48. The average molecular weight is 329 g/mol. The highest BCUT2D eigenvalue weighted by Gasteiger charge is 2.22. The van der Waals surface area contributed by atoms with E-state index in [-0.39, 0.29) is 12.3 Å². The zero-order chi connectivity index (χ0) is 17.9. The van der Waals surface area contributed by atoms with E-state index >= 15 is 0 Å². The minimum Gasteiger partial charge on any atom is -0.480 e. The molecule has 2 aromatic rings. The SMILES string of the molecule is CC(=O)c1ccc2c(C(NC[C@H](N)C(=O)O)C(N)=O)cccc2c1. The predicted octanol–water partition coefficient (Wildman–Crippen LogP) is 0.570. The Labute approximate surface area is 138 Å². The number of nitrogens with two attached hydrogens (primary N) is 2. The Bertz CT molecular complexity index is 804. The topological polar surface area (TPSA) is 136 Å². The summed E-state index contributed by atoms with van der Waals surface area (Å²) >= 11 is 0. The molecule has 7 heteroatoms. The molecule has 0 aliphatic carbocycles. The van der Waals surface area contributed by atoms with Crippen LogP contribution in [0.5, 0.6) is 0 Å². The molecule has 0 radical (unpaired) electrons. The van der Waals surface area contributed by atoms with Crippen LogP contribution in [0.1, 0.15) is 28.9 Å². The van der Waals surface area contributed by atoms with Gasteiger partial charge in [0.15, 0.2) is 5.78 Å². The zero-order valence-corrected chi connectivity index (χ0v) is 13.2. The molecule has 0 aliphatic heterocycles. The van der Waals surface area contributed by atoms with Gasteiger partial charge in [0.25, 0.3) is 0 Å². The maximum atomic E-state index is 11.8. The molecular weight excluding hydrogens is 310 g/mol. The number of fused-ring (bicyclic) bond motifs is 1. The van der Waals surface area contributed by atoms with E-state index in [9.17, 15) is 14.4 Å². The second kappa shape index (κ2) is 7.20. The summed E-state index contributed by atoms with van der Waals surface area (Å²) < 4.78 is 0. The van der Waals surface area contributed by atoms with Crippen molar-refractivity contribution in [2.24, 2.45) is 11.5 Å². The molecule has 24 heavy (non-hydrogen) atoms. The van der Waals surface area contributed by atoms with Crippen molar-refractivity contribution in [1.82, 2.24) is 5.32 Å². The van der Waals surface area contributed by atoms with Gasteiger partial charge in [-0.25, -0.2) is 0 Å². The Morgan fingerprint density at radius 3 is 2.50 bits per heavy atom. The van der Waals surface area contributed by atoms with Gasteiger partial charge in [-0.05, 0) is 29.3 Å². The van der Waals surface area contributed by atoms with Crippen LogP contribution >= 0.6 is 0 Å². The molecule has 2 atom stereocenters. The van der Waals surface area contributed by atoms with Crippen molar-refractivity contribution >= 4 is 28.4 Å². The molecule has 0 bridgehead atoms. The number of nitrogens with one attached hydrogen (secondary N) is 1. The number of rotatable bonds is 7. The quantitative estimate of drug-likeness (QED) is 0.548.